The standard InChI is InChI=1S/C23H26N4O3/c1-2-15-7-8-20-19(13-15)18(22(29)26-20)9-11-24-21(28)16-5-3-6-17(14-16)27-12-4-10-25-23(27)30/h3,5-8,13-14,18H,2,4,9-12H2,1H3,(H,24,28)(H,25,30)(H,26,29). The highest BCUT2D eigenvalue weighted by molar-refractivity contribution is 6.03. The SMILES string of the molecule is CCc1ccc2c(c1)C(CCNC(=O)c1cccc(N3CCCNC3=O)c1)C(=O)N2. The van der Waals surface area contributed by atoms with Crippen LogP contribution in [0.25, 0.3) is 0 Å². The first-order valence-electron chi connectivity index (χ1n) is 10.4. The second kappa shape index (κ2) is 8.57. The van der Waals surface area contributed by atoms with Crippen LogP contribution in [0.5, 0.6) is 0 Å². The van der Waals surface area contributed by atoms with E-state index in [9.17, 15) is 14.4 Å². The van der Waals surface area contributed by atoms with Gasteiger partial charge in [-0.15, -0.1) is 0 Å². The molecule has 1 unspecified atom stereocenters. The molecule has 0 spiro atoms. The molecule has 1 atom stereocenters. The van der Waals surface area contributed by atoms with Crippen molar-refractivity contribution in [2.24, 2.45) is 0 Å². The Labute approximate surface area is 175 Å². The van der Waals surface area contributed by atoms with Crippen molar-refractivity contribution < 1.29 is 14.4 Å². The van der Waals surface area contributed by atoms with E-state index in [1.165, 1.54) is 5.56 Å². The lowest BCUT2D eigenvalue weighted by molar-refractivity contribution is -0.117. The molecule has 4 amide bonds. The Morgan fingerprint density at radius 2 is 2.07 bits per heavy atom. The molecule has 1 fully saturated rings. The Balaban J connectivity index is 1.38. The molecule has 0 bridgehead atoms. The van der Waals surface area contributed by atoms with Crippen LogP contribution in [-0.4, -0.2) is 37.5 Å². The quantitative estimate of drug-likeness (QED) is 0.689. The molecule has 0 radical (unpaired) electrons. The number of nitrogens with zero attached hydrogens (tertiary/aromatic N) is 1. The van der Waals surface area contributed by atoms with Crippen molar-refractivity contribution in [3.63, 3.8) is 0 Å². The molecule has 3 N–H and O–H groups in total. The molecule has 0 aliphatic carbocycles. The zero-order valence-electron chi connectivity index (χ0n) is 17.0. The third kappa shape index (κ3) is 4.01. The fraction of sp³-hybridized carbons (Fsp3) is 0.348. The van der Waals surface area contributed by atoms with Gasteiger partial charge in [0.2, 0.25) is 5.91 Å². The molecule has 2 aliphatic rings. The molecule has 1 saturated heterocycles. The highest BCUT2D eigenvalue weighted by Crippen LogP contribution is 2.35. The number of hydrogen-bond donors (Lipinski definition) is 3. The molecular formula is C23H26N4O3. The summed E-state index contributed by atoms with van der Waals surface area (Å²) in [4.78, 5) is 38.7. The van der Waals surface area contributed by atoms with Gasteiger partial charge in [-0.3, -0.25) is 14.5 Å². The van der Waals surface area contributed by atoms with E-state index >= 15 is 0 Å². The van der Waals surface area contributed by atoms with Gasteiger partial charge in [0.05, 0.1) is 5.92 Å². The van der Waals surface area contributed by atoms with Gasteiger partial charge in [0.25, 0.3) is 5.91 Å². The summed E-state index contributed by atoms with van der Waals surface area (Å²) in [7, 11) is 0. The number of carbonyl (C=O) groups is 3. The first-order valence-corrected chi connectivity index (χ1v) is 10.4. The maximum Gasteiger partial charge on any atom is 0.321 e. The van der Waals surface area contributed by atoms with Crippen LogP contribution in [0.1, 0.15) is 47.2 Å². The van der Waals surface area contributed by atoms with Gasteiger partial charge < -0.3 is 16.0 Å². The lowest BCUT2D eigenvalue weighted by atomic mass is 9.95. The number of nitrogens with one attached hydrogen (secondary N) is 3. The van der Waals surface area contributed by atoms with Crippen molar-refractivity contribution in [2.45, 2.75) is 32.1 Å². The van der Waals surface area contributed by atoms with Crippen molar-refractivity contribution in [1.29, 1.82) is 0 Å². The van der Waals surface area contributed by atoms with Crippen molar-refractivity contribution in [1.82, 2.24) is 10.6 Å². The van der Waals surface area contributed by atoms with Crippen LogP contribution >= 0.6 is 0 Å². The van der Waals surface area contributed by atoms with Gasteiger partial charge in [-0.1, -0.05) is 25.1 Å². The number of aryl methyl sites for hydroxylation is 1. The fourth-order valence-corrected chi connectivity index (χ4v) is 4.00. The van der Waals surface area contributed by atoms with E-state index < -0.39 is 0 Å². The summed E-state index contributed by atoms with van der Waals surface area (Å²) in [5.74, 6) is -0.490. The third-order valence-corrected chi connectivity index (χ3v) is 5.69. The van der Waals surface area contributed by atoms with Gasteiger partial charge in [-0.25, -0.2) is 4.79 Å². The molecule has 30 heavy (non-hydrogen) atoms. The Morgan fingerprint density at radius 3 is 2.87 bits per heavy atom. The Morgan fingerprint density at radius 1 is 1.20 bits per heavy atom. The van der Waals surface area contributed by atoms with Crippen LogP contribution in [0.15, 0.2) is 42.5 Å². The monoisotopic (exact) mass is 406 g/mol. The van der Waals surface area contributed by atoms with Crippen molar-refractivity contribution in [2.75, 3.05) is 29.9 Å². The van der Waals surface area contributed by atoms with Crippen molar-refractivity contribution in [3.8, 4) is 0 Å². The number of hydrogen-bond acceptors (Lipinski definition) is 3. The third-order valence-electron chi connectivity index (χ3n) is 5.69. The van der Waals surface area contributed by atoms with Crippen LogP contribution in [0.2, 0.25) is 0 Å². The average molecular weight is 406 g/mol. The van der Waals surface area contributed by atoms with E-state index in [2.05, 4.69) is 28.9 Å². The topological polar surface area (TPSA) is 90.5 Å². The molecular weight excluding hydrogens is 380 g/mol. The first kappa shape index (κ1) is 19.9. The van der Waals surface area contributed by atoms with E-state index in [0.717, 1.165) is 24.1 Å². The predicted molar refractivity (Wildman–Crippen MR) is 116 cm³/mol. The number of rotatable bonds is 6. The Bertz CT molecular complexity index is 988. The normalized spacial score (nSPS) is 17.9. The summed E-state index contributed by atoms with van der Waals surface area (Å²) in [6.07, 6.45) is 2.31. The zero-order chi connectivity index (χ0) is 21.1. The molecule has 0 saturated carbocycles. The van der Waals surface area contributed by atoms with Gasteiger partial charge in [0.1, 0.15) is 0 Å². The van der Waals surface area contributed by atoms with E-state index in [1.807, 2.05) is 18.2 Å². The minimum atomic E-state index is -0.254. The smallest absolute Gasteiger partial charge is 0.321 e. The average Bonchev–Trinajstić information content (AvgIpc) is 3.08. The van der Waals surface area contributed by atoms with Crippen LogP contribution in [0, 0.1) is 0 Å². The van der Waals surface area contributed by atoms with E-state index in [-0.39, 0.29) is 23.8 Å². The fourth-order valence-electron chi connectivity index (χ4n) is 4.00. The van der Waals surface area contributed by atoms with Gasteiger partial charge in [-0.2, -0.15) is 0 Å². The molecule has 0 aromatic heterocycles. The second-order valence-electron chi connectivity index (χ2n) is 7.65. The number of fused-ring (bicyclic) bond motifs is 1. The van der Waals surface area contributed by atoms with E-state index in [1.54, 1.807) is 23.1 Å². The molecule has 2 aromatic rings. The van der Waals surface area contributed by atoms with Gasteiger partial charge in [-0.05, 0) is 54.7 Å². The second-order valence-corrected chi connectivity index (χ2v) is 7.65. The van der Waals surface area contributed by atoms with Gasteiger partial charge in [0, 0.05) is 36.6 Å². The summed E-state index contributed by atoms with van der Waals surface area (Å²) < 4.78 is 0. The first-order chi connectivity index (χ1) is 14.6. The Hall–Kier alpha value is -3.35. The number of amides is 4. The van der Waals surface area contributed by atoms with E-state index in [0.29, 0.717) is 37.3 Å². The molecule has 4 rings (SSSR count). The van der Waals surface area contributed by atoms with Crippen LogP contribution < -0.4 is 20.9 Å². The molecule has 2 aliphatic heterocycles. The molecule has 7 nitrogen and oxygen atoms in total. The lowest BCUT2D eigenvalue weighted by Crippen LogP contribution is -2.46. The highest BCUT2D eigenvalue weighted by atomic mass is 16.2. The minimum Gasteiger partial charge on any atom is -0.352 e. The molecule has 7 heteroatoms. The predicted octanol–water partition coefficient (Wildman–Crippen LogP) is 3.02. The van der Waals surface area contributed by atoms with Crippen molar-refractivity contribution >= 4 is 29.2 Å². The highest BCUT2D eigenvalue weighted by Gasteiger charge is 2.30. The lowest BCUT2D eigenvalue weighted by Gasteiger charge is -2.27. The number of urea groups is 1. The summed E-state index contributed by atoms with van der Waals surface area (Å²) in [6.45, 7) is 3.78. The number of carbonyl (C=O) groups excluding carboxylic acids is 3. The van der Waals surface area contributed by atoms with Gasteiger partial charge in [0.15, 0.2) is 0 Å². The van der Waals surface area contributed by atoms with Gasteiger partial charge >= 0.3 is 6.03 Å². The van der Waals surface area contributed by atoms with Crippen LogP contribution in [0.4, 0.5) is 16.2 Å². The maximum absolute atomic E-state index is 12.6. The number of anilines is 2. The Kier molecular flexibility index (Phi) is 5.70. The maximum atomic E-state index is 12.6. The summed E-state index contributed by atoms with van der Waals surface area (Å²) in [5.41, 5.74) is 4.26. The van der Waals surface area contributed by atoms with Crippen LogP contribution in [0.3, 0.4) is 0 Å². The van der Waals surface area contributed by atoms with Crippen molar-refractivity contribution in [3.05, 3.63) is 59.2 Å². The summed E-state index contributed by atoms with van der Waals surface area (Å²) in [6, 6.07) is 13.0. The van der Waals surface area contributed by atoms with E-state index in [4.69, 9.17) is 0 Å². The zero-order valence-corrected chi connectivity index (χ0v) is 17.0. The summed E-state index contributed by atoms with van der Waals surface area (Å²) in [5, 5.41) is 8.64. The van der Waals surface area contributed by atoms with Crippen LogP contribution in [-0.2, 0) is 11.2 Å². The number of benzene rings is 2. The molecule has 2 heterocycles. The minimum absolute atomic E-state index is 0.0226. The molecule has 2 aromatic carbocycles. The molecule has 156 valence electrons. The summed E-state index contributed by atoms with van der Waals surface area (Å²) >= 11 is 0. The largest absolute Gasteiger partial charge is 0.352 e.